The molecule has 2 N–H and O–H groups in total. The van der Waals surface area contributed by atoms with Crippen molar-refractivity contribution >= 4 is 5.97 Å². The molecule has 18 heavy (non-hydrogen) atoms. The molecule has 106 valence electrons. The number of halogens is 3. The minimum absolute atomic E-state index is 0.0405. The molecule has 1 fully saturated rings. The van der Waals surface area contributed by atoms with E-state index in [0.717, 1.165) is 25.9 Å². The van der Waals surface area contributed by atoms with Gasteiger partial charge < -0.3 is 10.0 Å². The molecule has 1 aliphatic heterocycles. The van der Waals surface area contributed by atoms with Crippen LogP contribution in [0.25, 0.3) is 0 Å². The zero-order valence-corrected chi connectivity index (χ0v) is 10.4. The van der Waals surface area contributed by atoms with E-state index in [4.69, 9.17) is 5.11 Å². The number of hydrogen-bond acceptors (Lipinski definition) is 3. The monoisotopic (exact) mass is 268 g/mol. The van der Waals surface area contributed by atoms with Crippen LogP contribution in [0.4, 0.5) is 13.2 Å². The van der Waals surface area contributed by atoms with Crippen LogP contribution in [0.15, 0.2) is 0 Å². The van der Waals surface area contributed by atoms with Crippen LogP contribution in [0.2, 0.25) is 0 Å². The van der Waals surface area contributed by atoms with Gasteiger partial charge >= 0.3 is 12.1 Å². The maximum Gasteiger partial charge on any atom is 0.417 e. The third kappa shape index (κ3) is 3.58. The summed E-state index contributed by atoms with van der Waals surface area (Å²) in [5.74, 6) is -1.89. The molecule has 0 aromatic heterocycles. The van der Waals surface area contributed by atoms with Crippen molar-refractivity contribution in [2.45, 2.75) is 37.9 Å². The highest BCUT2D eigenvalue weighted by atomic mass is 19.4. The summed E-state index contributed by atoms with van der Waals surface area (Å²) in [6.45, 7) is 3.37. The van der Waals surface area contributed by atoms with Crippen molar-refractivity contribution in [3.05, 3.63) is 0 Å². The quantitative estimate of drug-likeness (QED) is 0.716. The van der Waals surface area contributed by atoms with Gasteiger partial charge in [0.2, 0.25) is 5.54 Å². The number of alkyl halides is 3. The summed E-state index contributed by atoms with van der Waals surface area (Å²) >= 11 is 0. The lowest BCUT2D eigenvalue weighted by molar-refractivity contribution is -0.205. The average Bonchev–Trinajstić information content (AvgIpc) is 2.74. The Bertz CT molecular complexity index is 291. The lowest BCUT2D eigenvalue weighted by Crippen LogP contribution is -2.60. The predicted octanol–water partition coefficient (Wildman–Crippen LogP) is 1.47. The molecule has 0 aromatic carbocycles. The van der Waals surface area contributed by atoms with Crippen LogP contribution in [-0.4, -0.2) is 53.9 Å². The zero-order valence-electron chi connectivity index (χ0n) is 10.4. The fraction of sp³-hybridized carbons (Fsp3) is 0.909. The first-order valence-corrected chi connectivity index (χ1v) is 6.05. The second-order valence-electron chi connectivity index (χ2n) is 4.76. The Balaban J connectivity index is 2.36. The number of carboxylic acids is 1. The van der Waals surface area contributed by atoms with Crippen molar-refractivity contribution in [1.82, 2.24) is 10.2 Å². The summed E-state index contributed by atoms with van der Waals surface area (Å²) in [6.07, 6.45) is -2.03. The fourth-order valence-electron chi connectivity index (χ4n) is 1.94. The van der Waals surface area contributed by atoms with Crippen LogP contribution in [0.5, 0.6) is 0 Å². The van der Waals surface area contributed by atoms with Gasteiger partial charge in [0.1, 0.15) is 0 Å². The van der Waals surface area contributed by atoms with Crippen molar-refractivity contribution in [3.8, 4) is 0 Å². The predicted molar refractivity (Wildman–Crippen MR) is 60.4 cm³/mol. The number of nitrogens with zero attached hydrogens (tertiary/aromatic N) is 1. The molecule has 0 amide bonds. The van der Waals surface area contributed by atoms with E-state index in [1.54, 1.807) is 0 Å². The largest absolute Gasteiger partial charge is 0.480 e. The molecule has 1 atom stereocenters. The van der Waals surface area contributed by atoms with Crippen molar-refractivity contribution in [2.24, 2.45) is 0 Å². The summed E-state index contributed by atoms with van der Waals surface area (Å²) in [5, 5.41) is 10.8. The Morgan fingerprint density at radius 1 is 1.33 bits per heavy atom. The van der Waals surface area contributed by atoms with Crippen molar-refractivity contribution in [1.29, 1.82) is 0 Å². The number of hydrogen-bond donors (Lipinski definition) is 2. The number of rotatable bonds is 6. The number of carbonyl (C=O) groups is 1. The van der Waals surface area contributed by atoms with Gasteiger partial charge in [-0.25, -0.2) is 4.79 Å². The van der Waals surface area contributed by atoms with Gasteiger partial charge in [-0.3, -0.25) is 5.32 Å². The molecule has 0 aromatic rings. The molecule has 1 saturated heterocycles. The van der Waals surface area contributed by atoms with Gasteiger partial charge in [-0.1, -0.05) is 0 Å². The van der Waals surface area contributed by atoms with Gasteiger partial charge in [-0.05, 0) is 52.4 Å². The molecule has 0 bridgehead atoms. The van der Waals surface area contributed by atoms with E-state index in [0.29, 0.717) is 19.9 Å². The van der Waals surface area contributed by atoms with E-state index in [-0.39, 0.29) is 6.54 Å². The van der Waals surface area contributed by atoms with E-state index in [2.05, 4.69) is 10.2 Å². The third-order valence-electron chi connectivity index (χ3n) is 3.32. The highest BCUT2D eigenvalue weighted by Gasteiger charge is 2.56. The van der Waals surface area contributed by atoms with Crippen molar-refractivity contribution in [2.75, 3.05) is 26.2 Å². The normalized spacial score (nSPS) is 20.9. The van der Waals surface area contributed by atoms with Gasteiger partial charge in [0.05, 0.1) is 0 Å². The number of carboxylic acid groups (broad SMARTS) is 1. The Hall–Kier alpha value is -0.820. The molecule has 0 saturated carbocycles. The van der Waals surface area contributed by atoms with Gasteiger partial charge in [0.15, 0.2) is 0 Å². The minimum Gasteiger partial charge on any atom is -0.480 e. The van der Waals surface area contributed by atoms with Crippen molar-refractivity contribution < 1.29 is 23.1 Å². The first kappa shape index (κ1) is 15.2. The summed E-state index contributed by atoms with van der Waals surface area (Å²) in [4.78, 5) is 12.9. The number of aliphatic carboxylic acids is 1. The Labute approximate surface area is 104 Å². The van der Waals surface area contributed by atoms with Gasteiger partial charge in [0.25, 0.3) is 0 Å². The Kier molecular flexibility index (Phi) is 4.98. The van der Waals surface area contributed by atoms with E-state index in [1.165, 1.54) is 0 Å². The summed E-state index contributed by atoms with van der Waals surface area (Å²) in [6, 6.07) is 0. The fourth-order valence-corrected chi connectivity index (χ4v) is 1.94. The summed E-state index contributed by atoms with van der Waals surface area (Å²) in [5.41, 5.74) is -2.86. The number of nitrogens with one attached hydrogen (secondary N) is 1. The molecule has 4 nitrogen and oxygen atoms in total. The molecule has 0 spiro atoms. The van der Waals surface area contributed by atoms with Crippen LogP contribution in [0.1, 0.15) is 26.2 Å². The molecule has 1 heterocycles. The van der Waals surface area contributed by atoms with Gasteiger partial charge in [-0.15, -0.1) is 0 Å². The maximum atomic E-state index is 12.6. The lowest BCUT2D eigenvalue weighted by atomic mass is 10.0. The van der Waals surface area contributed by atoms with E-state index >= 15 is 0 Å². The van der Waals surface area contributed by atoms with Crippen LogP contribution in [-0.2, 0) is 4.79 Å². The highest BCUT2D eigenvalue weighted by Crippen LogP contribution is 2.30. The smallest absolute Gasteiger partial charge is 0.417 e. The first-order chi connectivity index (χ1) is 8.27. The van der Waals surface area contributed by atoms with Crippen LogP contribution in [0, 0.1) is 0 Å². The van der Waals surface area contributed by atoms with E-state index in [9.17, 15) is 18.0 Å². The molecular weight excluding hydrogens is 249 g/mol. The molecule has 0 radical (unpaired) electrons. The van der Waals surface area contributed by atoms with Crippen LogP contribution in [0.3, 0.4) is 0 Å². The van der Waals surface area contributed by atoms with Crippen LogP contribution >= 0.6 is 0 Å². The van der Waals surface area contributed by atoms with E-state index in [1.807, 2.05) is 0 Å². The number of likely N-dealkylation sites (tertiary alicyclic amines) is 1. The first-order valence-electron chi connectivity index (χ1n) is 6.05. The molecule has 7 heteroatoms. The standard InChI is InChI=1S/C11H19F3N2O2/c1-10(9(17)18,11(12,13)14)15-5-4-8-16-6-2-3-7-16/h15H,2-8H2,1H3,(H,17,18). The third-order valence-corrected chi connectivity index (χ3v) is 3.32. The van der Waals surface area contributed by atoms with Crippen molar-refractivity contribution in [3.63, 3.8) is 0 Å². The second-order valence-corrected chi connectivity index (χ2v) is 4.76. The maximum absolute atomic E-state index is 12.6. The SMILES string of the molecule is CC(NCCCN1CCCC1)(C(=O)O)C(F)(F)F. The lowest BCUT2D eigenvalue weighted by Gasteiger charge is -2.29. The van der Waals surface area contributed by atoms with E-state index < -0.39 is 17.7 Å². The summed E-state index contributed by atoms with van der Waals surface area (Å²) < 4.78 is 37.9. The average molecular weight is 268 g/mol. The minimum atomic E-state index is -4.80. The Morgan fingerprint density at radius 3 is 2.33 bits per heavy atom. The topological polar surface area (TPSA) is 52.6 Å². The second kappa shape index (κ2) is 5.88. The molecule has 1 rings (SSSR count). The van der Waals surface area contributed by atoms with Crippen LogP contribution < -0.4 is 5.32 Å². The molecular formula is C11H19F3N2O2. The molecule has 1 unspecified atom stereocenters. The highest BCUT2D eigenvalue weighted by molar-refractivity contribution is 5.79. The summed E-state index contributed by atoms with van der Waals surface area (Å²) in [7, 11) is 0. The zero-order chi connectivity index (χ0) is 13.8. The van der Waals surface area contributed by atoms with Gasteiger partial charge in [0, 0.05) is 0 Å². The Morgan fingerprint density at radius 2 is 1.89 bits per heavy atom. The molecule has 0 aliphatic carbocycles. The van der Waals surface area contributed by atoms with Gasteiger partial charge in [-0.2, -0.15) is 13.2 Å². The molecule has 1 aliphatic rings.